The largest absolute Gasteiger partial charge is 0.459 e. The fourth-order valence-corrected chi connectivity index (χ4v) is 2.23. The summed E-state index contributed by atoms with van der Waals surface area (Å²) in [6.07, 6.45) is 1.60. The van der Waals surface area contributed by atoms with Crippen LogP contribution in [0.5, 0.6) is 0 Å². The summed E-state index contributed by atoms with van der Waals surface area (Å²) in [5.74, 6) is -0.337. The highest BCUT2D eigenvalue weighted by atomic mass is 79.9. The Morgan fingerprint density at radius 3 is 2.48 bits per heavy atom. The summed E-state index contributed by atoms with van der Waals surface area (Å²) in [4.78, 5) is 23.5. The third kappa shape index (κ3) is 4.29. The third-order valence-electron chi connectivity index (χ3n) is 2.83. The Kier molecular flexibility index (Phi) is 4.96. The fourth-order valence-electron chi connectivity index (χ4n) is 1.85. The van der Waals surface area contributed by atoms with Gasteiger partial charge in [0, 0.05) is 16.7 Å². The first-order valence-electron chi connectivity index (χ1n) is 6.61. The number of esters is 1. The lowest BCUT2D eigenvalue weighted by molar-refractivity contribution is 0.0378. The maximum Gasteiger partial charge on any atom is 0.338 e. The number of halogens is 1. The molecule has 0 aliphatic rings. The van der Waals surface area contributed by atoms with Crippen LogP contribution in [-0.2, 0) is 11.3 Å². The second kappa shape index (κ2) is 6.72. The van der Waals surface area contributed by atoms with Gasteiger partial charge in [-0.25, -0.2) is 4.79 Å². The van der Waals surface area contributed by atoms with Gasteiger partial charge in [-0.2, -0.15) is 0 Å². The van der Waals surface area contributed by atoms with E-state index in [4.69, 9.17) is 4.74 Å². The number of rotatable bonds is 4. The molecule has 1 aromatic heterocycles. The van der Waals surface area contributed by atoms with E-state index < -0.39 is 0 Å². The van der Waals surface area contributed by atoms with Gasteiger partial charge in [0.1, 0.15) is 0 Å². The first kappa shape index (κ1) is 15.5. The van der Waals surface area contributed by atoms with Crippen LogP contribution in [0.15, 0.2) is 51.9 Å². The van der Waals surface area contributed by atoms with Crippen LogP contribution >= 0.6 is 15.9 Å². The molecule has 0 atom stereocenters. The molecule has 0 unspecified atom stereocenters. The summed E-state index contributed by atoms with van der Waals surface area (Å²) in [5.41, 5.74) is 1.38. The van der Waals surface area contributed by atoms with Crippen LogP contribution in [0, 0.1) is 0 Å². The van der Waals surface area contributed by atoms with Crippen LogP contribution in [0.25, 0.3) is 0 Å². The van der Waals surface area contributed by atoms with Gasteiger partial charge >= 0.3 is 5.97 Å². The van der Waals surface area contributed by atoms with E-state index in [9.17, 15) is 9.59 Å². The van der Waals surface area contributed by atoms with Gasteiger partial charge in [-0.1, -0.05) is 12.1 Å². The van der Waals surface area contributed by atoms with Crippen molar-refractivity contribution >= 4 is 21.9 Å². The SMILES string of the molecule is CC(C)OC(=O)c1ccc(Cn2cc(Br)ccc2=O)cc1. The number of carbonyl (C=O) groups is 1. The Morgan fingerprint density at radius 1 is 1.19 bits per heavy atom. The maximum absolute atomic E-state index is 11.7. The summed E-state index contributed by atoms with van der Waals surface area (Å²) >= 11 is 3.34. The van der Waals surface area contributed by atoms with Crippen molar-refractivity contribution in [3.05, 3.63) is 68.5 Å². The molecule has 21 heavy (non-hydrogen) atoms. The number of ether oxygens (including phenoxy) is 1. The van der Waals surface area contributed by atoms with E-state index in [1.807, 2.05) is 26.0 Å². The molecule has 0 aliphatic heterocycles. The van der Waals surface area contributed by atoms with Crippen LogP contribution in [0.1, 0.15) is 29.8 Å². The molecular formula is C16H16BrNO3. The molecule has 4 nitrogen and oxygen atoms in total. The Hall–Kier alpha value is -1.88. The van der Waals surface area contributed by atoms with Gasteiger partial charge in [0.05, 0.1) is 18.2 Å². The minimum atomic E-state index is -0.337. The van der Waals surface area contributed by atoms with Gasteiger partial charge in [0.25, 0.3) is 5.56 Å². The first-order chi connectivity index (χ1) is 9.95. The molecule has 5 heteroatoms. The second-order valence-corrected chi connectivity index (χ2v) is 5.88. The topological polar surface area (TPSA) is 48.3 Å². The summed E-state index contributed by atoms with van der Waals surface area (Å²) < 4.78 is 7.58. The number of aromatic nitrogens is 1. The number of carbonyl (C=O) groups excluding carboxylic acids is 1. The molecule has 110 valence electrons. The lowest BCUT2D eigenvalue weighted by Gasteiger charge is -2.09. The van der Waals surface area contributed by atoms with Crippen LogP contribution in [-0.4, -0.2) is 16.6 Å². The van der Waals surface area contributed by atoms with E-state index in [0.717, 1.165) is 10.0 Å². The molecule has 0 saturated carbocycles. The Labute approximate surface area is 131 Å². The molecule has 1 heterocycles. The minimum absolute atomic E-state index is 0.0681. The molecule has 0 radical (unpaired) electrons. The van der Waals surface area contributed by atoms with Crippen molar-refractivity contribution in [2.24, 2.45) is 0 Å². The molecule has 2 rings (SSSR count). The number of pyridine rings is 1. The van der Waals surface area contributed by atoms with Gasteiger partial charge in [0.2, 0.25) is 0 Å². The van der Waals surface area contributed by atoms with E-state index in [-0.39, 0.29) is 17.6 Å². The van der Waals surface area contributed by atoms with Crippen LogP contribution < -0.4 is 5.56 Å². The molecule has 0 spiro atoms. The standard InChI is InChI=1S/C16H16BrNO3/c1-11(2)21-16(20)13-5-3-12(4-6-13)9-18-10-14(17)7-8-15(18)19/h3-8,10-11H,9H2,1-2H3. The van der Waals surface area contributed by atoms with Crippen molar-refractivity contribution in [1.29, 1.82) is 0 Å². The Bertz CT molecular complexity index is 689. The molecule has 0 bridgehead atoms. The van der Waals surface area contributed by atoms with E-state index in [2.05, 4.69) is 15.9 Å². The zero-order valence-corrected chi connectivity index (χ0v) is 13.5. The van der Waals surface area contributed by atoms with Crippen LogP contribution in [0.3, 0.4) is 0 Å². The zero-order chi connectivity index (χ0) is 15.4. The lowest BCUT2D eigenvalue weighted by Crippen LogP contribution is -2.18. The van der Waals surface area contributed by atoms with Crippen molar-refractivity contribution in [2.75, 3.05) is 0 Å². The average molecular weight is 350 g/mol. The first-order valence-corrected chi connectivity index (χ1v) is 7.41. The van der Waals surface area contributed by atoms with Crippen molar-refractivity contribution in [1.82, 2.24) is 4.57 Å². The summed E-state index contributed by atoms with van der Waals surface area (Å²) in [5, 5.41) is 0. The summed E-state index contributed by atoms with van der Waals surface area (Å²) in [6, 6.07) is 10.3. The van der Waals surface area contributed by atoms with Gasteiger partial charge < -0.3 is 9.30 Å². The summed E-state index contributed by atoms with van der Waals surface area (Å²) in [6.45, 7) is 4.08. The van der Waals surface area contributed by atoms with Crippen LogP contribution in [0.4, 0.5) is 0 Å². The number of hydrogen-bond donors (Lipinski definition) is 0. The third-order valence-corrected chi connectivity index (χ3v) is 3.30. The highest BCUT2D eigenvalue weighted by molar-refractivity contribution is 9.10. The predicted molar refractivity (Wildman–Crippen MR) is 84.5 cm³/mol. The van der Waals surface area contributed by atoms with Crippen LogP contribution in [0.2, 0.25) is 0 Å². The van der Waals surface area contributed by atoms with Gasteiger partial charge in [0.15, 0.2) is 0 Å². The average Bonchev–Trinajstić information content (AvgIpc) is 2.43. The van der Waals surface area contributed by atoms with Gasteiger partial charge in [-0.05, 0) is 53.5 Å². The molecule has 1 aromatic carbocycles. The van der Waals surface area contributed by atoms with E-state index >= 15 is 0 Å². The molecule has 0 saturated heterocycles. The monoisotopic (exact) mass is 349 g/mol. The number of hydrogen-bond acceptors (Lipinski definition) is 3. The van der Waals surface area contributed by atoms with E-state index in [1.165, 1.54) is 6.07 Å². The minimum Gasteiger partial charge on any atom is -0.459 e. The molecule has 0 N–H and O–H groups in total. The number of nitrogens with zero attached hydrogens (tertiary/aromatic N) is 1. The van der Waals surface area contributed by atoms with Crippen molar-refractivity contribution in [2.45, 2.75) is 26.5 Å². The summed E-state index contributed by atoms with van der Waals surface area (Å²) in [7, 11) is 0. The van der Waals surface area contributed by atoms with Gasteiger partial charge in [-0.15, -0.1) is 0 Å². The Morgan fingerprint density at radius 2 is 1.86 bits per heavy atom. The second-order valence-electron chi connectivity index (χ2n) is 4.96. The van der Waals surface area contributed by atoms with Crippen molar-refractivity contribution < 1.29 is 9.53 Å². The molecule has 0 aliphatic carbocycles. The van der Waals surface area contributed by atoms with Crippen molar-refractivity contribution in [3.63, 3.8) is 0 Å². The maximum atomic E-state index is 11.7. The normalized spacial score (nSPS) is 10.7. The fraction of sp³-hybridized carbons (Fsp3) is 0.250. The molecule has 0 fully saturated rings. The number of benzene rings is 1. The lowest BCUT2D eigenvalue weighted by atomic mass is 10.1. The van der Waals surface area contributed by atoms with E-state index in [0.29, 0.717) is 12.1 Å². The molecule has 2 aromatic rings. The quantitative estimate of drug-likeness (QED) is 0.796. The predicted octanol–water partition coefficient (Wildman–Crippen LogP) is 3.22. The van der Waals surface area contributed by atoms with Crippen molar-refractivity contribution in [3.8, 4) is 0 Å². The van der Waals surface area contributed by atoms with E-state index in [1.54, 1.807) is 29.0 Å². The smallest absolute Gasteiger partial charge is 0.338 e. The Balaban J connectivity index is 2.14. The van der Waals surface area contributed by atoms with Gasteiger partial charge in [-0.3, -0.25) is 4.79 Å². The molecular weight excluding hydrogens is 334 g/mol. The molecule has 0 amide bonds. The highest BCUT2D eigenvalue weighted by Gasteiger charge is 2.09. The zero-order valence-electron chi connectivity index (χ0n) is 11.9. The highest BCUT2D eigenvalue weighted by Crippen LogP contribution is 2.10.